The fraction of sp³-hybridized carbons (Fsp3) is 0.471. The molecule has 120 valence electrons. The number of nitrogens with zero attached hydrogens (tertiary/aromatic N) is 1. The quantitative estimate of drug-likeness (QED) is 0.789. The van der Waals surface area contributed by atoms with Gasteiger partial charge in [-0.15, -0.1) is 0 Å². The maximum atomic E-state index is 13.0. The van der Waals surface area contributed by atoms with Crippen LogP contribution in [0.4, 0.5) is 0 Å². The summed E-state index contributed by atoms with van der Waals surface area (Å²) in [7, 11) is 0. The molecule has 3 N–H and O–H groups in total. The van der Waals surface area contributed by atoms with Crippen molar-refractivity contribution in [3.63, 3.8) is 0 Å². The van der Waals surface area contributed by atoms with Crippen LogP contribution in [0.5, 0.6) is 0 Å². The Hall–Kier alpha value is -2.21. The van der Waals surface area contributed by atoms with Crippen molar-refractivity contribution in [1.82, 2.24) is 10.2 Å². The van der Waals surface area contributed by atoms with Crippen LogP contribution in [0.25, 0.3) is 0 Å². The first-order chi connectivity index (χ1) is 11.1. The van der Waals surface area contributed by atoms with Crippen LogP contribution in [0, 0.1) is 0 Å². The third-order valence-corrected chi connectivity index (χ3v) is 5.16. The number of nitrogens with two attached hydrogens (primary N) is 1. The molecule has 1 fully saturated rings. The van der Waals surface area contributed by atoms with Crippen molar-refractivity contribution < 1.29 is 14.4 Å². The number of hydrogen-bond donors (Lipinski definition) is 2. The number of nitrogens with one attached hydrogen (secondary N) is 1. The molecule has 2 unspecified atom stereocenters. The van der Waals surface area contributed by atoms with Gasteiger partial charge < -0.3 is 10.6 Å². The second-order valence-corrected chi connectivity index (χ2v) is 6.51. The number of carbonyl (C=O) groups is 3. The van der Waals surface area contributed by atoms with Crippen molar-refractivity contribution in [1.29, 1.82) is 0 Å². The average molecular weight is 313 g/mol. The van der Waals surface area contributed by atoms with Crippen LogP contribution < -0.4 is 11.1 Å². The molecular weight excluding hydrogens is 294 g/mol. The van der Waals surface area contributed by atoms with Gasteiger partial charge in [0.25, 0.3) is 5.91 Å². The molecule has 1 aromatic carbocycles. The van der Waals surface area contributed by atoms with Gasteiger partial charge in [0.15, 0.2) is 0 Å². The number of carbonyl (C=O) groups excluding carboxylic acids is 3. The molecule has 2 atom stereocenters. The largest absolute Gasteiger partial charge is 0.326 e. The number of imide groups is 1. The Balaban J connectivity index is 1.77. The van der Waals surface area contributed by atoms with Crippen LogP contribution in [0.1, 0.15) is 58.8 Å². The zero-order chi connectivity index (χ0) is 16.1. The first-order valence-corrected chi connectivity index (χ1v) is 8.12. The van der Waals surface area contributed by atoms with Gasteiger partial charge in [0, 0.05) is 18.5 Å². The van der Waals surface area contributed by atoms with E-state index in [1.54, 1.807) is 4.90 Å². The summed E-state index contributed by atoms with van der Waals surface area (Å²) < 4.78 is 0. The predicted molar refractivity (Wildman–Crippen MR) is 82.4 cm³/mol. The highest BCUT2D eigenvalue weighted by molar-refractivity contribution is 6.06. The first kappa shape index (κ1) is 14.4. The van der Waals surface area contributed by atoms with E-state index < -0.39 is 6.04 Å². The third kappa shape index (κ3) is 2.09. The Morgan fingerprint density at radius 3 is 2.70 bits per heavy atom. The molecule has 2 aliphatic heterocycles. The molecule has 0 bridgehead atoms. The minimum absolute atomic E-state index is 0.0444. The second-order valence-electron chi connectivity index (χ2n) is 6.51. The van der Waals surface area contributed by atoms with E-state index in [1.807, 2.05) is 6.07 Å². The lowest BCUT2D eigenvalue weighted by atomic mass is 9.85. The molecule has 1 aromatic rings. The summed E-state index contributed by atoms with van der Waals surface area (Å²) in [6, 6.07) is 3.36. The smallest absolute Gasteiger partial charge is 0.255 e. The Morgan fingerprint density at radius 2 is 1.96 bits per heavy atom. The van der Waals surface area contributed by atoms with Gasteiger partial charge in [0.2, 0.25) is 11.8 Å². The SMILES string of the molecule is NCc1cc2c3c(c1)C(=O)N(C1CCC(=O)NC1=O)C3CCC2. The van der Waals surface area contributed by atoms with Crippen molar-refractivity contribution in [2.75, 3.05) is 0 Å². The minimum atomic E-state index is -0.551. The molecule has 0 saturated carbocycles. The van der Waals surface area contributed by atoms with Crippen LogP contribution in [0.15, 0.2) is 12.1 Å². The van der Waals surface area contributed by atoms with Crippen LogP contribution in [0.2, 0.25) is 0 Å². The van der Waals surface area contributed by atoms with Crippen LogP contribution in [0.3, 0.4) is 0 Å². The molecule has 0 spiro atoms. The van der Waals surface area contributed by atoms with E-state index in [2.05, 4.69) is 11.4 Å². The molecule has 1 saturated heterocycles. The highest BCUT2D eigenvalue weighted by Crippen LogP contribution is 2.45. The minimum Gasteiger partial charge on any atom is -0.326 e. The summed E-state index contributed by atoms with van der Waals surface area (Å²) >= 11 is 0. The zero-order valence-electron chi connectivity index (χ0n) is 12.8. The second kappa shape index (κ2) is 5.16. The maximum absolute atomic E-state index is 13.0. The van der Waals surface area contributed by atoms with Gasteiger partial charge in [-0.1, -0.05) is 6.07 Å². The van der Waals surface area contributed by atoms with Crippen molar-refractivity contribution >= 4 is 17.7 Å². The summed E-state index contributed by atoms with van der Waals surface area (Å²) in [5, 5.41) is 2.36. The highest BCUT2D eigenvalue weighted by atomic mass is 16.2. The summed E-state index contributed by atoms with van der Waals surface area (Å²) in [6.45, 7) is 0.399. The lowest BCUT2D eigenvalue weighted by Gasteiger charge is -2.36. The van der Waals surface area contributed by atoms with Gasteiger partial charge in [-0.3, -0.25) is 19.7 Å². The molecule has 6 heteroatoms. The Bertz CT molecular complexity index is 728. The number of amides is 3. The van der Waals surface area contributed by atoms with Crippen LogP contribution in [-0.2, 0) is 22.6 Å². The number of hydrogen-bond acceptors (Lipinski definition) is 4. The van der Waals surface area contributed by atoms with Gasteiger partial charge in [-0.05, 0) is 48.4 Å². The molecule has 6 nitrogen and oxygen atoms in total. The molecule has 0 radical (unpaired) electrons. The van der Waals surface area contributed by atoms with Crippen molar-refractivity contribution in [3.05, 3.63) is 34.4 Å². The lowest BCUT2D eigenvalue weighted by molar-refractivity contribution is -0.137. The zero-order valence-corrected chi connectivity index (χ0v) is 12.8. The van der Waals surface area contributed by atoms with Crippen molar-refractivity contribution in [2.24, 2.45) is 5.73 Å². The first-order valence-electron chi connectivity index (χ1n) is 8.12. The van der Waals surface area contributed by atoms with E-state index in [9.17, 15) is 14.4 Å². The molecule has 3 amide bonds. The predicted octanol–water partition coefficient (Wildman–Crippen LogP) is 0.784. The Labute approximate surface area is 134 Å². The normalized spacial score (nSPS) is 26.3. The number of benzene rings is 1. The number of aryl methyl sites for hydroxylation is 1. The number of rotatable bonds is 2. The van der Waals surface area contributed by atoms with Crippen LogP contribution in [-0.4, -0.2) is 28.7 Å². The lowest BCUT2D eigenvalue weighted by Crippen LogP contribution is -2.53. The van der Waals surface area contributed by atoms with Gasteiger partial charge in [0.05, 0.1) is 6.04 Å². The van der Waals surface area contributed by atoms with Crippen LogP contribution >= 0.6 is 0 Å². The van der Waals surface area contributed by atoms with E-state index >= 15 is 0 Å². The van der Waals surface area contributed by atoms with E-state index in [0.29, 0.717) is 18.5 Å². The fourth-order valence-electron chi connectivity index (χ4n) is 4.17. The van der Waals surface area contributed by atoms with E-state index in [-0.39, 0.29) is 30.2 Å². The Kier molecular flexibility index (Phi) is 3.23. The topological polar surface area (TPSA) is 92.5 Å². The molecule has 0 aromatic heterocycles. The molecular formula is C17H19N3O3. The maximum Gasteiger partial charge on any atom is 0.255 e. The molecule has 3 aliphatic rings. The number of piperidine rings is 1. The average Bonchev–Trinajstić information content (AvgIpc) is 2.82. The summed E-state index contributed by atoms with van der Waals surface area (Å²) in [6.07, 6.45) is 3.49. The van der Waals surface area contributed by atoms with Crippen molar-refractivity contribution in [2.45, 2.75) is 50.7 Å². The molecule has 1 aliphatic carbocycles. The van der Waals surface area contributed by atoms with Gasteiger partial charge in [0.1, 0.15) is 6.04 Å². The fourth-order valence-corrected chi connectivity index (χ4v) is 4.17. The molecule has 23 heavy (non-hydrogen) atoms. The van der Waals surface area contributed by atoms with E-state index in [4.69, 9.17) is 5.73 Å². The van der Waals surface area contributed by atoms with Gasteiger partial charge >= 0.3 is 0 Å². The van der Waals surface area contributed by atoms with E-state index in [0.717, 1.165) is 30.4 Å². The van der Waals surface area contributed by atoms with Gasteiger partial charge in [-0.25, -0.2) is 0 Å². The third-order valence-electron chi connectivity index (χ3n) is 5.16. The summed E-state index contributed by atoms with van der Waals surface area (Å²) in [4.78, 5) is 38.3. The van der Waals surface area contributed by atoms with Crippen molar-refractivity contribution in [3.8, 4) is 0 Å². The summed E-state index contributed by atoms with van der Waals surface area (Å²) in [5.74, 6) is -0.711. The summed E-state index contributed by atoms with van der Waals surface area (Å²) in [5.41, 5.74) is 9.66. The molecule has 2 heterocycles. The molecule has 4 rings (SSSR count). The monoisotopic (exact) mass is 313 g/mol. The standard InChI is InChI=1S/C17H19N3O3/c18-8-9-6-10-2-1-3-12-15(10)11(7-9)17(23)20(12)13-4-5-14(21)19-16(13)22/h6-7,12-13H,1-5,8,18H2,(H,19,21,22). The Morgan fingerprint density at radius 1 is 1.13 bits per heavy atom. The van der Waals surface area contributed by atoms with Gasteiger partial charge in [-0.2, -0.15) is 0 Å². The highest BCUT2D eigenvalue weighted by Gasteiger charge is 2.46. The van der Waals surface area contributed by atoms with E-state index in [1.165, 1.54) is 5.56 Å².